The number of likely N-dealkylation sites (N-methyl/N-ethyl adjacent to an activating group) is 1. The van der Waals surface area contributed by atoms with Gasteiger partial charge in [0.1, 0.15) is 20.2 Å². The average molecular weight is 118 g/mol. The van der Waals surface area contributed by atoms with E-state index in [1.54, 1.807) is 7.11 Å². The molecule has 3 heteroatoms. The molecule has 8 heavy (non-hydrogen) atoms. The standard InChI is InChI=1S/C5H12NO2/c1-6(7-2)3-4-8-5-6/h3-5H2,1-2H3/q+1. The van der Waals surface area contributed by atoms with Crippen LogP contribution in [0.5, 0.6) is 0 Å². The summed E-state index contributed by atoms with van der Waals surface area (Å²) in [5, 5.41) is 0. The van der Waals surface area contributed by atoms with Gasteiger partial charge in [0.15, 0.2) is 0 Å². The van der Waals surface area contributed by atoms with Crippen molar-refractivity contribution in [2.45, 2.75) is 0 Å². The van der Waals surface area contributed by atoms with Gasteiger partial charge in [-0.2, -0.15) is 4.65 Å². The zero-order valence-corrected chi connectivity index (χ0v) is 5.39. The highest BCUT2D eigenvalue weighted by molar-refractivity contribution is 4.31. The summed E-state index contributed by atoms with van der Waals surface area (Å²) in [5.41, 5.74) is 0. The monoisotopic (exact) mass is 118 g/mol. The Hall–Kier alpha value is -0.120. The minimum absolute atomic E-state index is 0.597. The summed E-state index contributed by atoms with van der Waals surface area (Å²) in [6.45, 7) is 2.48. The molecule has 0 aliphatic carbocycles. The Morgan fingerprint density at radius 2 is 2.38 bits per heavy atom. The first-order valence-electron chi connectivity index (χ1n) is 2.75. The molecule has 0 bridgehead atoms. The van der Waals surface area contributed by atoms with Crippen LogP contribution in [0.3, 0.4) is 0 Å². The maximum absolute atomic E-state index is 5.11. The molecule has 0 saturated carbocycles. The highest BCUT2D eigenvalue weighted by Gasteiger charge is 2.27. The molecule has 1 unspecified atom stereocenters. The van der Waals surface area contributed by atoms with Gasteiger partial charge < -0.3 is 4.74 Å². The molecule has 1 heterocycles. The van der Waals surface area contributed by atoms with E-state index in [-0.39, 0.29) is 0 Å². The fourth-order valence-corrected chi connectivity index (χ4v) is 0.724. The third-order valence-electron chi connectivity index (χ3n) is 1.51. The second-order valence-electron chi connectivity index (χ2n) is 2.24. The second-order valence-corrected chi connectivity index (χ2v) is 2.24. The molecule has 0 N–H and O–H groups in total. The van der Waals surface area contributed by atoms with E-state index in [2.05, 4.69) is 0 Å². The summed E-state index contributed by atoms with van der Waals surface area (Å²) in [5.74, 6) is 0. The molecule has 48 valence electrons. The topological polar surface area (TPSA) is 18.5 Å². The number of ether oxygens (including phenoxy) is 1. The molecule has 0 radical (unpaired) electrons. The summed E-state index contributed by atoms with van der Waals surface area (Å²) in [4.78, 5) is 5.11. The van der Waals surface area contributed by atoms with E-state index in [4.69, 9.17) is 9.57 Å². The van der Waals surface area contributed by atoms with Gasteiger partial charge in [0, 0.05) is 0 Å². The molecule has 1 saturated heterocycles. The zero-order chi connectivity index (χ0) is 6.04. The summed E-state index contributed by atoms with van der Waals surface area (Å²) >= 11 is 0. The van der Waals surface area contributed by atoms with Crippen molar-refractivity contribution in [1.29, 1.82) is 0 Å². The van der Waals surface area contributed by atoms with E-state index < -0.39 is 0 Å². The first-order valence-corrected chi connectivity index (χ1v) is 2.75. The lowest BCUT2D eigenvalue weighted by Gasteiger charge is -2.20. The molecule has 0 aromatic heterocycles. The number of quaternary nitrogens is 1. The lowest BCUT2D eigenvalue weighted by Crippen LogP contribution is -2.39. The van der Waals surface area contributed by atoms with Gasteiger partial charge in [-0.25, -0.2) is 4.84 Å². The van der Waals surface area contributed by atoms with Crippen LogP contribution in [0.15, 0.2) is 0 Å². The number of hydrogen-bond donors (Lipinski definition) is 0. The zero-order valence-electron chi connectivity index (χ0n) is 5.39. The van der Waals surface area contributed by atoms with Crippen LogP contribution in [0.4, 0.5) is 0 Å². The van der Waals surface area contributed by atoms with E-state index in [1.807, 2.05) is 7.05 Å². The lowest BCUT2D eigenvalue weighted by atomic mass is 10.7. The summed E-state index contributed by atoms with van der Waals surface area (Å²) < 4.78 is 5.70. The SMILES string of the molecule is CO[N+]1(C)CCOC1. The Morgan fingerprint density at radius 1 is 1.62 bits per heavy atom. The van der Waals surface area contributed by atoms with Crippen LogP contribution >= 0.6 is 0 Å². The van der Waals surface area contributed by atoms with Crippen molar-refractivity contribution in [2.24, 2.45) is 0 Å². The Labute approximate surface area is 49.3 Å². The van der Waals surface area contributed by atoms with Gasteiger partial charge in [-0.3, -0.25) is 0 Å². The Balaban J connectivity index is 2.40. The van der Waals surface area contributed by atoms with E-state index in [1.165, 1.54) is 0 Å². The number of hydrogen-bond acceptors (Lipinski definition) is 2. The van der Waals surface area contributed by atoms with Crippen LogP contribution in [0.25, 0.3) is 0 Å². The number of hydroxylamine groups is 3. The quantitative estimate of drug-likeness (QED) is 0.450. The van der Waals surface area contributed by atoms with E-state index in [9.17, 15) is 0 Å². The lowest BCUT2D eigenvalue weighted by molar-refractivity contribution is -1.08. The molecule has 1 fully saturated rings. The van der Waals surface area contributed by atoms with E-state index in [0.29, 0.717) is 11.4 Å². The van der Waals surface area contributed by atoms with Crippen LogP contribution in [-0.2, 0) is 9.57 Å². The summed E-state index contributed by atoms with van der Waals surface area (Å²) in [7, 11) is 3.71. The van der Waals surface area contributed by atoms with Crippen LogP contribution < -0.4 is 0 Å². The van der Waals surface area contributed by atoms with Gasteiger partial charge in [0.25, 0.3) is 0 Å². The number of rotatable bonds is 1. The Morgan fingerprint density at radius 3 is 2.62 bits per heavy atom. The van der Waals surface area contributed by atoms with Crippen LogP contribution in [-0.4, -0.2) is 38.7 Å². The third kappa shape index (κ3) is 0.992. The van der Waals surface area contributed by atoms with Crippen molar-refractivity contribution in [2.75, 3.05) is 34.0 Å². The molecule has 3 nitrogen and oxygen atoms in total. The molecule has 1 rings (SSSR count). The van der Waals surface area contributed by atoms with Crippen molar-refractivity contribution in [3.8, 4) is 0 Å². The van der Waals surface area contributed by atoms with Crippen LogP contribution in [0.2, 0.25) is 0 Å². The van der Waals surface area contributed by atoms with Crippen molar-refractivity contribution in [1.82, 2.24) is 0 Å². The molecule has 0 aromatic rings. The van der Waals surface area contributed by atoms with Gasteiger partial charge in [-0.1, -0.05) is 0 Å². The number of nitrogens with zero attached hydrogens (tertiary/aromatic N) is 1. The minimum atomic E-state index is 0.597. The first-order chi connectivity index (χ1) is 3.77. The van der Waals surface area contributed by atoms with Gasteiger partial charge in [-0.05, 0) is 0 Å². The first kappa shape index (κ1) is 6.01. The van der Waals surface area contributed by atoms with E-state index >= 15 is 0 Å². The molecule has 0 aromatic carbocycles. The smallest absolute Gasteiger partial charge is 0.213 e. The highest BCUT2D eigenvalue weighted by atomic mass is 16.7. The van der Waals surface area contributed by atoms with Gasteiger partial charge in [-0.15, -0.1) is 0 Å². The normalized spacial score (nSPS) is 38.2. The maximum atomic E-state index is 5.11. The average Bonchev–Trinajstić information content (AvgIpc) is 2.17. The molecule has 1 aliphatic rings. The van der Waals surface area contributed by atoms with Gasteiger partial charge in [0.2, 0.25) is 6.73 Å². The molecular weight excluding hydrogens is 106 g/mol. The van der Waals surface area contributed by atoms with Crippen molar-refractivity contribution >= 4 is 0 Å². The summed E-state index contributed by atoms with van der Waals surface area (Å²) in [6.07, 6.45) is 0. The molecule has 1 atom stereocenters. The van der Waals surface area contributed by atoms with Crippen LogP contribution in [0, 0.1) is 0 Å². The van der Waals surface area contributed by atoms with E-state index in [0.717, 1.165) is 13.2 Å². The minimum Gasteiger partial charge on any atom is -0.323 e. The third-order valence-corrected chi connectivity index (χ3v) is 1.51. The van der Waals surface area contributed by atoms with Gasteiger partial charge >= 0.3 is 0 Å². The Bertz CT molecular complexity index is 78.5. The predicted octanol–water partition coefficient (Wildman–Crippen LogP) is -0.0179. The highest BCUT2D eigenvalue weighted by Crippen LogP contribution is 2.08. The predicted molar refractivity (Wildman–Crippen MR) is 28.9 cm³/mol. The van der Waals surface area contributed by atoms with Crippen molar-refractivity contribution < 1.29 is 14.2 Å². The molecule has 1 aliphatic heterocycles. The fourth-order valence-electron chi connectivity index (χ4n) is 0.724. The second kappa shape index (κ2) is 2.01. The Kier molecular flexibility index (Phi) is 1.51. The fraction of sp³-hybridized carbons (Fsp3) is 1.00. The largest absolute Gasteiger partial charge is 0.323 e. The summed E-state index contributed by atoms with van der Waals surface area (Å²) in [6, 6.07) is 0. The molecule has 0 amide bonds. The van der Waals surface area contributed by atoms with Crippen molar-refractivity contribution in [3.63, 3.8) is 0 Å². The maximum Gasteiger partial charge on any atom is 0.213 e. The van der Waals surface area contributed by atoms with Crippen molar-refractivity contribution in [3.05, 3.63) is 0 Å². The molecule has 0 spiro atoms. The van der Waals surface area contributed by atoms with Crippen LogP contribution in [0.1, 0.15) is 0 Å². The molecular formula is C5H12NO2+. The van der Waals surface area contributed by atoms with Gasteiger partial charge in [0.05, 0.1) is 7.11 Å².